The Balaban J connectivity index is 1.88. The van der Waals surface area contributed by atoms with Gasteiger partial charge in [0.1, 0.15) is 0 Å². The predicted molar refractivity (Wildman–Crippen MR) is 81.8 cm³/mol. The molecule has 0 bridgehead atoms. The van der Waals surface area contributed by atoms with Gasteiger partial charge in [0.2, 0.25) is 0 Å². The first-order valence-corrected chi connectivity index (χ1v) is 7.81. The molecule has 0 saturated carbocycles. The number of aromatic nitrogens is 2. The smallest absolute Gasteiger partial charge is 0.0537 e. The van der Waals surface area contributed by atoms with Gasteiger partial charge in [-0.3, -0.25) is 4.68 Å². The molecule has 0 fully saturated rings. The minimum Gasteiger partial charge on any atom is -0.309 e. The lowest BCUT2D eigenvalue weighted by Gasteiger charge is -2.16. The number of hydrogen-bond donors (Lipinski definition) is 1. The van der Waals surface area contributed by atoms with Crippen LogP contribution in [0.15, 0.2) is 29.2 Å². The fourth-order valence-corrected chi connectivity index (χ4v) is 2.79. The van der Waals surface area contributed by atoms with Crippen molar-refractivity contribution in [1.29, 1.82) is 0 Å². The average molecular weight is 277 g/mol. The molecule has 4 heteroatoms. The summed E-state index contributed by atoms with van der Waals surface area (Å²) in [6.45, 7) is 9.74. The highest BCUT2D eigenvalue weighted by molar-refractivity contribution is 7.07. The minimum atomic E-state index is 0.341. The molecule has 0 spiro atoms. The van der Waals surface area contributed by atoms with Crippen molar-refractivity contribution < 1.29 is 0 Å². The maximum Gasteiger partial charge on any atom is 0.0537 e. The van der Waals surface area contributed by atoms with Crippen molar-refractivity contribution in [1.82, 2.24) is 15.1 Å². The molecular weight excluding hydrogens is 254 g/mol. The lowest BCUT2D eigenvalue weighted by atomic mass is 10.0. The molecule has 2 aromatic rings. The predicted octanol–water partition coefficient (Wildman–Crippen LogP) is 3.98. The third-order valence-corrected chi connectivity index (χ3v) is 4.19. The van der Waals surface area contributed by atoms with Crippen LogP contribution in [0.1, 0.15) is 56.8 Å². The van der Waals surface area contributed by atoms with Gasteiger partial charge in [0.25, 0.3) is 0 Å². The van der Waals surface area contributed by atoms with E-state index in [2.05, 4.69) is 61.1 Å². The average Bonchev–Trinajstić information content (AvgIpc) is 3.05. The maximum atomic E-state index is 4.39. The number of rotatable bonds is 6. The van der Waals surface area contributed by atoms with Crippen molar-refractivity contribution in [3.05, 3.63) is 40.3 Å². The van der Waals surface area contributed by atoms with Crippen LogP contribution in [0.25, 0.3) is 0 Å². The summed E-state index contributed by atoms with van der Waals surface area (Å²) in [6, 6.07) is 2.97. The highest BCUT2D eigenvalue weighted by atomic mass is 32.1. The van der Waals surface area contributed by atoms with Crippen LogP contribution in [-0.4, -0.2) is 16.3 Å². The molecule has 104 valence electrons. The van der Waals surface area contributed by atoms with Gasteiger partial charge in [0.15, 0.2) is 0 Å². The maximum absolute atomic E-state index is 4.39. The Morgan fingerprint density at radius 3 is 2.63 bits per heavy atom. The summed E-state index contributed by atoms with van der Waals surface area (Å²) < 4.78 is 2.01. The lowest BCUT2D eigenvalue weighted by molar-refractivity contribution is 0.523. The third kappa shape index (κ3) is 3.67. The van der Waals surface area contributed by atoms with E-state index in [9.17, 15) is 0 Å². The van der Waals surface area contributed by atoms with Crippen molar-refractivity contribution >= 4 is 11.3 Å². The monoisotopic (exact) mass is 277 g/mol. The molecule has 0 aliphatic rings. The standard InChI is InChI=1S/C15H23N3S/c1-11(2)18-9-15(8-17-18)13(4)16-7-12(3)14-5-6-19-10-14/h5-6,8-13,16H,7H2,1-4H3/t12-,13-/m0/s1. The molecule has 19 heavy (non-hydrogen) atoms. The number of nitrogens with one attached hydrogen (secondary N) is 1. The van der Waals surface area contributed by atoms with Crippen LogP contribution in [0.5, 0.6) is 0 Å². The van der Waals surface area contributed by atoms with Crippen molar-refractivity contribution in [3.63, 3.8) is 0 Å². The Labute approximate surface area is 119 Å². The largest absolute Gasteiger partial charge is 0.309 e. The van der Waals surface area contributed by atoms with Crippen molar-refractivity contribution in [2.75, 3.05) is 6.54 Å². The van der Waals surface area contributed by atoms with E-state index < -0.39 is 0 Å². The van der Waals surface area contributed by atoms with Crippen LogP contribution in [0.3, 0.4) is 0 Å². The number of nitrogens with zero attached hydrogens (tertiary/aromatic N) is 2. The van der Waals surface area contributed by atoms with Crippen molar-refractivity contribution in [3.8, 4) is 0 Å². The summed E-state index contributed by atoms with van der Waals surface area (Å²) in [5.41, 5.74) is 2.67. The fraction of sp³-hybridized carbons (Fsp3) is 0.533. The van der Waals surface area contributed by atoms with E-state index in [1.165, 1.54) is 11.1 Å². The van der Waals surface area contributed by atoms with Gasteiger partial charge in [-0.05, 0) is 49.1 Å². The zero-order chi connectivity index (χ0) is 13.8. The number of thiophene rings is 1. The van der Waals surface area contributed by atoms with Gasteiger partial charge in [0, 0.05) is 30.4 Å². The number of hydrogen-bond acceptors (Lipinski definition) is 3. The van der Waals surface area contributed by atoms with Crippen LogP contribution in [0, 0.1) is 0 Å². The lowest BCUT2D eigenvalue weighted by Crippen LogP contribution is -2.23. The van der Waals surface area contributed by atoms with E-state index >= 15 is 0 Å². The summed E-state index contributed by atoms with van der Waals surface area (Å²) in [5.74, 6) is 0.550. The van der Waals surface area contributed by atoms with E-state index in [0.29, 0.717) is 18.0 Å². The van der Waals surface area contributed by atoms with Gasteiger partial charge in [-0.1, -0.05) is 6.92 Å². The Kier molecular flexibility index (Phi) is 4.77. The summed E-state index contributed by atoms with van der Waals surface area (Å²) >= 11 is 1.76. The normalized spacial score (nSPS) is 14.8. The SMILES string of the molecule is CC(C)n1cc([C@H](C)NC[C@H](C)c2ccsc2)cn1. The fourth-order valence-electron chi connectivity index (χ4n) is 2.00. The first-order chi connectivity index (χ1) is 9.08. The highest BCUT2D eigenvalue weighted by Gasteiger charge is 2.11. The summed E-state index contributed by atoms with van der Waals surface area (Å²) in [4.78, 5) is 0. The van der Waals surface area contributed by atoms with Gasteiger partial charge in [-0.15, -0.1) is 0 Å². The molecule has 0 amide bonds. The van der Waals surface area contributed by atoms with E-state index in [4.69, 9.17) is 0 Å². The second-order valence-electron chi connectivity index (χ2n) is 5.44. The topological polar surface area (TPSA) is 29.9 Å². The molecule has 2 atom stereocenters. The molecule has 0 radical (unpaired) electrons. The van der Waals surface area contributed by atoms with Crippen LogP contribution >= 0.6 is 11.3 Å². The molecule has 2 aromatic heterocycles. The first kappa shape index (κ1) is 14.3. The Bertz CT molecular complexity index is 487. The van der Waals surface area contributed by atoms with Gasteiger partial charge < -0.3 is 5.32 Å². The molecule has 1 N–H and O–H groups in total. The molecule has 0 aliphatic heterocycles. The quantitative estimate of drug-likeness (QED) is 0.865. The highest BCUT2D eigenvalue weighted by Crippen LogP contribution is 2.19. The molecule has 2 rings (SSSR count). The van der Waals surface area contributed by atoms with E-state index in [1.807, 2.05) is 10.9 Å². The minimum absolute atomic E-state index is 0.341. The van der Waals surface area contributed by atoms with E-state index in [1.54, 1.807) is 11.3 Å². The van der Waals surface area contributed by atoms with E-state index in [0.717, 1.165) is 6.54 Å². The van der Waals surface area contributed by atoms with Crippen LogP contribution in [0.4, 0.5) is 0 Å². The summed E-state index contributed by atoms with van der Waals surface area (Å²) in [5, 5.41) is 12.4. The summed E-state index contributed by atoms with van der Waals surface area (Å²) in [7, 11) is 0. The van der Waals surface area contributed by atoms with Gasteiger partial charge in [-0.25, -0.2) is 0 Å². The van der Waals surface area contributed by atoms with Crippen LogP contribution < -0.4 is 5.32 Å². The zero-order valence-electron chi connectivity index (χ0n) is 12.1. The molecule has 3 nitrogen and oxygen atoms in total. The molecule has 2 heterocycles. The second-order valence-corrected chi connectivity index (χ2v) is 6.22. The molecule has 0 aromatic carbocycles. The van der Waals surface area contributed by atoms with Crippen LogP contribution in [-0.2, 0) is 0 Å². The second kappa shape index (κ2) is 6.35. The van der Waals surface area contributed by atoms with Crippen molar-refractivity contribution in [2.24, 2.45) is 0 Å². The molecule has 0 unspecified atom stereocenters. The van der Waals surface area contributed by atoms with Crippen LogP contribution in [0.2, 0.25) is 0 Å². The Hall–Kier alpha value is -1.13. The molecular formula is C15H23N3S. The van der Waals surface area contributed by atoms with Gasteiger partial charge in [0.05, 0.1) is 6.20 Å². The van der Waals surface area contributed by atoms with E-state index in [-0.39, 0.29) is 0 Å². The van der Waals surface area contributed by atoms with Crippen molar-refractivity contribution in [2.45, 2.75) is 45.7 Å². The molecule has 0 saturated heterocycles. The summed E-state index contributed by atoms with van der Waals surface area (Å²) in [6.07, 6.45) is 4.10. The first-order valence-electron chi connectivity index (χ1n) is 6.87. The van der Waals surface area contributed by atoms with Gasteiger partial charge in [-0.2, -0.15) is 16.4 Å². The zero-order valence-corrected chi connectivity index (χ0v) is 12.9. The third-order valence-electron chi connectivity index (χ3n) is 3.49. The Morgan fingerprint density at radius 2 is 2.05 bits per heavy atom. The van der Waals surface area contributed by atoms with Gasteiger partial charge >= 0.3 is 0 Å². The molecule has 0 aliphatic carbocycles. The Morgan fingerprint density at radius 1 is 1.26 bits per heavy atom.